The zero-order valence-electron chi connectivity index (χ0n) is 27.0. The van der Waals surface area contributed by atoms with E-state index in [1.165, 1.54) is 10.8 Å². The van der Waals surface area contributed by atoms with Crippen LogP contribution in [0.15, 0.2) is 182 Å². The molecule has 0 saturated carbocycles. The van der Waals surface area contributed by atoms with E-state index in [1.807, 2.05) is 24.3 Å². The molecule has 2 nitrogen and oxygen atoms in total. The topological polar surface area (TPSA) is 6.48 Å². The molecule has 0 bridgehead atoms. The van der Waals surface area contributed by atoms with Gasteiger partial charge in [-0.3, -0.25) is 0 Å². The van der Waals surface area contributed by atoms with Crippen molar-refractivity contribution in [1.29, 1.82) is 0 Å². The fourth-order valence-corrected chi connectivity index (χ4v) is 7.86. The van der Waals surface area contributed by atoms with Crippen LogP contribution in [-0.2, 0) is 0 Å². The summed E-state index contributed by atoms with van der Waals surface area (Å²) in [6, 6.07) is 63.8. The molecule has 0 N–H and O–H groups in total. The van der Waals surface area contributed by atoms with Crippen LogP contribution in [0, 0.1) is 0 Å². The molecule has 0 aliphatic heterocycles. The Morgan fingerprint density at radius 1 is 0.280 bits per heavy atom. The van der Waals surface area contributed by atoms with Gasteiger partial charge in [0.25, 0.3) is 0 Å². The molecule has 0 aliphatic rings. The van der Waals surface area contributed by atoms with Gasteiger partial charge in [0.05, 0.1) is 32.8 Å². The molecule has 0 aliphatic carbocycles. The highest BCUT2D eigenvalue weighted by Crippen LogP contribution is 2.47. The van der Waals surface area contributed by atoms with Crippen molar-refractivity contribution in [2.75, 3.05) is 9.80 Å². The lowest BCUT2D eigenvalue weighted by Crippen LogP contribution is -2.13. The summed E-state index contributed by atoms with van der Waals surface area (Å²) in [5.74, 6) is 0. The van der Waals surface area contributed by atoms with Crippen molar-refractivity contribution in [2.45, 2.75) is 0 Å². The number of hydrogen-bond donors (Lipinski definition) is 0. The van der Waals surface area contributed by atoms with E-state index in [1.54, 1.807) is 0 Å². The molecular weight excluding hydrogens is 651 g/mol. The molecule has 0 radical (unpaired) electrons. The van der Waals surface area contributed by atoms with Crippen molar-refractivity contribution in [1.82, 2.24) is 0 Å². The number of nitrogens with zero attached hydrogens (tertiary/aromatic N) is 2. The molecule has 9 aromatic rings. The minimum atomic E-state index is 0.718. The summed E-state index contributed by atoms with van der Waals surface area (Å²) in [6.45, 7) is 0. The summed E-state index contributed by atoms with van der Waals surface area (Å²) in [5.41, 5.74) is 6.23. The predicted molar refractivity (Wildman–Crippen MR) is 216 cm³/mol. The van der Waals surface area contributed by atoms with E-state index < -0.39 is 0 Å². The second kappa shape index (κ2) is 12.6. The third-order valence-electron chi connectivity index (χ3n) is 9.53. The predicted octanol–water partition coefficient (Wildman–Crippen LogP) is 14.5. The summed E-state index contributed by atoms with van der Waals surface area (Å²) in [6.07, 6.45) is 0. The average molecular weight is 682 g/mol. The van der Waals surface area contributed by atoms with Crippen molar-refractivity contribution in [3.63, 3.8) is 0 Å². The lowest BCUT2D eigenvalue weighted by atomic mass is 10.0. The van der Waals surface area contributed by atoms with Gasteiger partial charge in [-0.15, -0.1) is 0 Å². The van der Waals surface area contributed by atoms with Crippen LogP contribution in [0.2, 0.25) is 10.0 Å². The van der Waals surface area contributed by atoms with Gasteiger partial charge >= 0.3 is 0 Å². The molecule has 0 unspecified atom stereocenters. The van der Waals surface area contributed by atoms with E-state index in [9.17, 15) is 0 Å². The summed E-state index contributed by atoms with van der Waals surface area (Å²) in [7, 11) is 0. The zero-order chi connectivity index (χ0) is 33.6. The van der Waals surface area contributed by atoms with Crippen LogP contribution in [-0.4, -0.2) is 0 Å². The van der Waals surface area contributed by atoms with Gasteiger partial charge < -0.3 is 9.80 Å². The van der Waals surface area contributed by atoms with Gasteiger partial charge in [-0.1, -0.05) is 145 Å². The molecule has 0 heterocycles. The smallest absolute Gasteiger partial charge is 0.0555 e. The number of fused-ring (bicyclic) bond motifs is 4. The van der Waals surface area contributed by atoms with Crippen LogP contribution in [0.4, 0.5) is 34.1 Å². The largest absolute Gasteiger partial charge is 0.309 e. The van der Waals surface area contributed by atoms with Crippen LogP contribution in [0.1, 0.15) is 0 Å². The highest BCUT2D eigenvalue weighted by molar-refractivity contribution is 6.37. The molecule has 238 valence electrons. The summed E-state index contributed by atoms with van der Waals surface area (Å²) >= 11 is 13.9. The van der Waals surface area contributed by atoms with Gasteiger partial charge in [0.15, 0.2) is 0 Å². The monoisotopic (exact) mass is 680 g/mol. The van der Waals surface area contributed by atoms with E-state index in [-0.39, 0.29) is 0 Å². The Balaban J connectivity index is 1.28. The van der Waals surface area contributed by atoms with Gasteiger partial charge in [-0.05, 0) is 82.2 Å². The van der Waals surface area contributed by atoms with Crippen LogP contribution >= 0.6 is 23.2 Å². The van der Waals surface area contributed by atoms with Gasteiger partial charge in [0, 0.05) is 32.9 Å². The average Bonchev–Trinajstić information content (AvgIpc) is 3.16. The Hall–Kier alpha value is -5.80. The van der Waals surface area contributed by atoms with Gasteiger partial charge in [0.1, 0.15) is 0 Å². The standard InChI is InChI=1S/C46H30Cl2N2/c47-39-21-5-15-33-17-9-25-43(45(33)39)49(41-23-7-13-31-11-1-3-19-37(31)41)35-27-29-36(30-28-35)50(42-24-8-14-32-12-2-4-20-38(32)42)44-26-10-18-34-16-6-22-40(48)46(34)44/h1-30H. The Morgan fingerprint density at radius 3 is 1.02 bits per heavy atom. The van der Waals surface area contributed by atoms with Crippen molar-refractivity contribution in [3.8, 4) is 0 Å². The lowest BCUT2D eigenvalue weighted by Gasteiger charge is -2.31. The maximum atomic E-state index is 6.97. The first-order valence-corrected chi connectivity index (χ1v) is 17.4. The summed E-state index contributed by atoms with van der Waals surface area (Å²) < 4.78 is 0. The molecule has 0 amide bonds. The SMILES string of the molecule is Clc1cccc2cccc(N(c3ccc(N(c4cccc5ccccc45)c4cccc5cccc(Cl)c45)cc3)c3cccc4ccccc34)c12. The minimum Gasteiger partial charge on any atom is -0.309 e. The van der Waals surface area contributed by atoms with Crippen LogP contribution in [0.25, 0.3) is 43.1 Å². The molecule has 9 aromatic carbocycles. The summed E-state index contributed by atoms with van der Waals surface area (Å²) in [5, 5.41) is 10.3. The van der Waals surface area contributed by atoms with Crippen molar-refractivity contribution >= 4 is 100 Å². The Morgan fingerprint density at radius 2 is 0.600 bits per heavy atom. The molecule has 0 atom stereocenters. The van der Waals surface area contributed by atoms with E-state index in [2.05, 4.69) is 168 Å². The molecule has 0 spiro atoms. The van der Waals surface area contributed by atoms with Crippen molar-refractivity contribution in [2.24, 2.45) is 0 Å². The maximum Gasteiger partial charge on any atom is 0.0555 e. The Bertz CT molecular complexity index is 2490. The highest BCUT2D eigenvalue weighted by Gasteiger charge is 2.22. The van der Waals surface area contributed by atoms with Gasteiger partial charge in [-0.25, -0.2) is 0 Å². The highest BCUT2D eigenvalue weighted by atomic mass is 35.5. The third-order valence-corrected chi connectivity index (χ3v) is 10.2. The lowest BCUT2D eigenvalue weighted by molar-refractivity contribution is 1.28. The molecule has 50 heavy (non-hydrogen) atoms. The maximum absolute atomic E-state index is 6.97. The number of rotatable bonds is 6. The van der Waals surface area contributed by atoms with Crippen molar-refractivity contribution in [3.05, 3.63) is 192 Å². The molecule has 9 rings (SSSR count). The normalized spacial score (nSPS) is 11.4. The Labute approximate surface area is 301 Å². The van der Waals surface area contributed by atoms with E-state index in [4.69, 9.17) is 23.2 Å². The zero-order valence-corrected chi connectivity index (χ0v) is 28.5. The number of anilines is 6. The second-order valence-corrected chi connectivity index (χ2v) is 13.2. The molecule has 4 heteroatoms. The van der Waals surface area contributed by atoms with Gasteiger partial charge in [-0.2, -0.15) is 0 Å². The van der Waals surface area contributed by atoms with Gasteiger partial charge in [0.2, 0.25) is 0 Å². The van der Waals surface area contributed by atoms with Crippen LogP contribution < -0.4 is 9.80 Å². The van der Waals surface area contributed by atoms with Crippen molar-refractivity contribution < 1.29 is 0 Å². The number of benzene rings is 9. The molecular formula is C46H30Cl2N2. The number of halogens is 2. The molecule has 0 saturated heterocycles. The number of hydrogen-bond acceptors (Lipinski definition) is 2. The fourth-order valence-electron chi connectivity index (χ4n) is 7.30. The first-order chi connectivity index (χ1) is 24.7. The Kier molecular flexibility index (Phi) is 7.62. The van der Waals surface area contributed by atoms with Crippen LogP contribution in [0.5, 0.6) is 0 Å². The van der Waals surface area contributed by atoms with E-state index >= 15 is 0 Å². The first kappa shape index (κ1) is 30.3. The van der Waals surface area contributed by atoms with E-state index in [0.717, 1.165) is 76.5 Å². The molecule has 0 fully saturated rings. The van der Waals surface area contributed by atoms with Crippen LogP contribution in [0.3, 0.4) is 0 Å². The first-order valence-electron chi connectivity index (χ1n) is 16.7. The fraction of sp³-hybridized carbons (Fsp3) is 0. The molecule has 0 aromatic heterocycles. The quantitative estimate of drug-likeness (QED) is 0.172. The van der Waals surface area contributed by atoms with E-state index in [0.29, 0.717) is 0 Å². The summed E-state index contributed by atoms with van der Waals surface area (Å²) in [4.78, 5) is 4.66. The second-order valence-electron chi connectivity index (χ2n) is 12.4. The third kappa shape index (κ3) is 5.13. The minimum absolute atomic E-state index is 0.718.